The summed E-state index contributed by atoms with van der Waals surface area (Å²) >= 11 is 0. The molecule has 0 atom stereocenters. The lowest BCUT2D eigenvalue weighted by molar-refractivity contribution is -1.00. The van der Waals surface area contributed by atoms with Crippen molar-refractivity contribution in [1.29, 1.82) is 0 Å². The molecule has 9 heavy (non-hydrogen) atoms. The van der Waals surface area contributed by atoms with Crippen LogP contribution in [0.15, 0.2) is 0 Å². The van der Waals surface area contributed by atoms with Crippen molar-refractivity contribution < 1.29 is 9.44 Å². The summed E-state index contributed by atoms with van der Waals surface area (Å²) in [6.45, 7) is 3.65. The second-order valence-corrected chi connectivity index (χ2v) is 2.80. The number of rotatable bonds is 2. The van der Waals surface area contributed by atoms with Crippen LogP contribution in [0.4, 0.5) is 0 Å². The van der Waals surface area contributed by atoms with Crippen LogP contribution in [-0.4, -0.2) is 24.6 Å². The Morgan fingerprint density at radius 1 is 1.33 bits per heavy atom. The van der Waals surface area contributed by atoms with E-state index < -0.39 is 5.72 Å². The van der Waals surface area contributed by atoms with Gasteiger partial charge in [-0.15, -0.1) is 0 Å². The molecule has 0 unspecified atom stereocenters. The first-order chi connectivity index (χ1) is 3.81. The van der Waals surface area contributed by atoms with Crippen LogP contribution < -0.4 is 11.7 Å². The van der Waals surface area contributed by atoms with E-state index in [2.05, 4.69) is 0 Å². The summed E-state index contributed by atoms with van der Waals surface area (Å²) in [5.41, 5.74) is -0.528. The van der Waals surface area contributed by atoms with Gasteiger partial charge in [0.15, 0.2) is 0 Å². The van der Waals surface area contributed by atoms with Crippen molar-refractivity contribution in [3.63, 3.8) is 0 Å². The molecule has 0 amide bonds. The van der Waals surface area contributed by atoms with Gasteiger partial charge in [-0.05, 0) is 0 Å². The van der Waals surface area contributed by atoms with Crippen LogP contribution >= 0.6 is 0 Å². The summed E-state index contributed by atoms with van der Waals surface area (Å²) < 4.78 is 4.85. The van der Waals surface area contributed by atoms with Crippen molar-refractivity contribution in [1.82, 2.24) is 0 Å². The standard InChI is InChI=1S/C5H16N3O/c1-5(2,9-4)8(3,6)7/h6-7H2,1-4H3/q+1. The molecular weight excluding hydrogens is 118 g/mol. The topological polar surface area (TPSA) is 61.3 Å². The van der Waals surface area contributed by atoms with E-state index >= 15 is 0 Å². The van der Waals surface area contributed by atoms with E-state index in [-0.39, 0.29) is 4.70 Å². The lowest BCUT2D eigenvalue weighted by Gasteiger charge is -2.35. The molecule has 0 saturated heterocycles. The number of hydrogen-bond acceptors (Lipinski definition) is 3. The average Bonchev–Trinajstić information content (AvgIpc) is 1.64. The molecule has 0 aliphatic rings. The molecule has 0 aliphatic carbocycles. The Balaban J connectivity index is 4.14. The largest absolute Gasteiger partial charge is 0.328 e. The number of nitrogens with two attached hydrogens (primary N) is 2. The summed E-state index contributed by atoms with van der Waals surface area (Å²) in [7, 11) is 3.25. The summed E-state index contributed by atoms with van der Waals surface area (Å²) in [4.78, 5) is 0. The van der Waals surface area contributed by atoms with Gasteiger partial charge in [0, 0.05) is 21.0 Å². The van der Waals surface area contributed by atoms with Gasteiger partial charge in [-0.1, -0.05) is 0 Å². The fraction of sp³-hybridized carbons (Fsp3) is 1.00. The average molecular weight is 134 g/mol. The molecule has 0 aliphatic heterocycles. The molecule has 4 N–H and O–H groups in total. The van der Waals surface area contributed by atoms with Crippen molar-refractivity contribution in [3.05, 3.63) is 0 Å². The van der Waals surface area contributed by atoms with Crippen molar-refractivity contribution in [2.45, 2.75) is 19.6 Å². The number of hydrogen-bond donors (Lipinski definition) is 2. The van der Waals surface area contributed by atoms with Crippen LogP contribution in [0.2, 0.25) is 0 Å². The molecule has 0 spiro atoms. The summed E-state index contributed by atoms with van der Waals surface area (Å²) in [5.74, 6) is 11.0. The normalized spacial score (nSPS) is 14.0. The van der Waals surface area contributed by atoms with E-state index in [1.165, 1.54) is 0 Å². The van der Waals surface area contributed by atoms with E-state index in [0.717, 1.165) is 0 Å². The summed E-state index contributed by atoms with van der Waals surface area (Å²) in [5, 5.41) is 0. The predicted octanol–water partition coefficient (Wildman–Crippen LogP) is -0.437. The fourth-order valence-corrected chi connectivity index (χ4v) is 0.197. The molecule has 0 heterocycles. The van der Waals surface area contributed by atoms with Gasteiger partial charge >= 0.3 is 0 Å². The molecule has 56 valence electrons. The Hall–Kier alpha value is -0.160. The van der Waals surface area contributed by atoms with Crippen molar-refractivity contribution in [3.8, 4) is 0 Å². The zero-order valence-corrected chi connectivity index (χ0v) is 6.51. The number of methoxy groups -OCH3 is 1. The second-order valence-electron chi connectivity index (χ2n) is 2.80. The van der Waals surface area contributed by atoms with Crippen molar-refractivity contribution in [2.75, 3.05) is 14.2 Å². The highest BCUT2D eigenvalue weighted by Crippen LogP contribution is 2.11. The molecule has 0 bridgehead atoms. The SMILES string of the molecule is COC(C)(C)[N+](C)(N)N. The highest BCUT2D eigenvalue weighted by molar-refractivity contribution is 4.47. The fourth-order valence-electron chi connectivity index (χ4n) is 0.197. The third-order valence-corrected chi connectivity index (χ3v) is 1.66. The van der Waals surface area contributed by atoms with Gasteiger partial charge in [-0.3, -0.25) is 0 Å². The van der Waals surface area contributed by atoms with Crippen LogP contribution in [0.1, 0.15) is 13.8 Å². The van der Waals surface area contributed by atoms with Crippen molar-refractivity contribution in [2.24, 2.45) is 11.7 Å². The molecule has 0 aromatic rings. The monoisotopic (exact) mass is 134 g/mol. The molecule has 4 nitrogen and oxygen atoms in total. The van der Waals surface area contributed by atoms with Crippen molar-refractivity contribution >= 4 is 0 Å². The minimum atomic E-state index is -0.528. The molecule has 0 aromatic carbocycles. The number of quaternary nitrogens is 1. The van der Waals surface area contributed by atoms with Crippen LogP contribution in [0.3, 0.4) is 0 Å². The first kappa shape index (κ1) is 8.84. The first-order valence-corrected chi connectivity index (χ1v) is 2.80. The van der Waals surface area contributed by atoms with Crippen LogP contribution in [-0.2, 0) is 4.74 Å². The van der Waals surface area contributed by atoms with Crippen LogP contribution in [0.5, 0.6) is 0 Å². The number of ether oxygens (including phenoxy) is 1. The van der Waals surface area contributed by atoms with Crippen LogP contribution in [0.25, 0.3) is 0 Å². The van der Waals surface area contributed by atoms with Gasteiger partial charge in [0.2, 0.25) is 5.72 Å². The maximum Gasteiger partial charge on any atom is 0.232 e. The summed E-state index contributed by atoms with van der Waals surface area (Å²) in [6, 6.07) is 0. The second kappa shape index (κ2) is 2.22. The molecule has 0 rings (SSSR count). The Kier molecular flexibility index (Phi) is 2.19. The minimum Gasteiger partial charge on any atom is -0.328 e. The van der Waals surface area contributed by atoms with E-state index in [4.69, 9.17) is 16.4 Å². The molecule has 0 aromatic heterocycles. The lowest BCUT2D eigenvalue weighted by atomic mass is 10.3. The van der Waals surface area contributed by atoms with E-state index in [0.29, 0.717) is 0 Å². The first-order valence-electron chi connectivity index (χ1n) is 2.80. The maximum absolute atomic E-state index is 5.51. The summed E-state index contributed by atoms with van der Waals surface area (Å²) in [6.07, 6.45) is 0. The van der Waals surface area contributed by atoms with E-state index in [9.17, 15) is 0 Å². The quantitative estimate of drug-likeness (QED) is 0.233. The van der Waals surface area contributed by atoms with Gasteiger partial charge in [0.1, 0.15) is 7.05 Å². The Morgan fingerprint density at radius 3 is 1.67 bits per heavy atom. The zero-order valence-electron chi connectivity index (χ0n) is 6.51. The van der Waals surface area contributed by atoms with Gasteiger partial charge in [-0.25, -0.2) is 0 Å². The minimum absolute atomic E-state index is 0.177. The van der Waals surface area contributed by atoms with Gasteiger partial charge in [0.25, 0.3) is 0 Å². The Bertz CT molecular complexity index is 94.9. The van der Waals surface area contributed by atoms with Crippen LogP contribution in [0, 0.1) is 0 Å². The molecule has 0 radical (unpaired) electrons. The third-order valence-electron chi connectivity index (χ3n) is 1.66. The molecule has 0 fully saturated rings. The maximum atomic E-state index is 5.51. The van der Waals surface area contributed by atoms with E-state index in [1.54, 1.807) is 14.2 Å². The predicted molar refractivity (Wildman–Crippen MR) is 35.6 cm³/mol. The lowest BCUT2D eigenvalue weighted by Crippen LogP contribution is -2.69. The highest BCUT2D eigenvalue weighted by atomic mass is 16.5. The highest BCUT2D eigenvalue weighted by Gasteiger charge is 2.35. The Morgan fingerprint density at radius 2 is 1.67 bits per heavy atom. The van der Waals surface area contributed by atoms with Gasteiger partial charge < -0.3 is 4.74 Å². The Labute approximate surface area is 55.9 Å². The van der Waals surface area contributed by atoms with Gasteiger partial charge in [-0.2, -0.15) is 16.4 Å². The smallest absolute Gasteiger partial charge is 0.232 e. The number of nitrogens with zero attached hydrogens (tertiary/aromatic N) is 1. The molecule has 0 saturated carbocycles. The molecule has 4 heteroatoms. The van der Waals surface area contributed by atoms with Gasteiger partial charge in [0.05, 0.1) is 0 Å². The third kappa shape index (κ3) is 1.91. The van der Waals surface area contributed by atoms with E-state index in [1.807, 2.05) is 13.8 Å². The molecular formula is C5H16N3O+. The zero-order chi connectivity index (χ0) is 7.71.